The zero-order chi connectivity index (χ0) is 13.8. The van der Waals surface area contributed by atoms with Gasteiger partial charge in [-0.3, -0.25) is 0 Å². The SMILES string of the molecule is O=C(O)c1ccc(NC(CO)(CO)CO)c(Br)c1. The van der Waals surface area contributed by atoms with Gasteiger partial charge in [0.2, 0.25) is 0 Å². The number of hydrogen-bond acceptors (Lipinski definition) is 5. The van der Waals surface area contributed by atoms with Gasteiger partial charge in [-0.15, -0.1) is 0 Å². The van der Waals surface area contributed by atoms with Crippen molar-refractivity contribution < 1.29 is 25.2 Å². The molecular formula is C11H14BrNO5. The highest BCUT2D eigenvalue weighted by Crippen LogP contribution is 2.26. The Morgan fingerprint density at radius 2 is 1.78 bits per heavy atom. The van der Waals surface area contributed by atoms with Gasteiger partial charge in [-0.1, -0.05) is 0 Å². The number of carboxylic acid groups (broad SMARTS) is 1. The van der Waals surface area contributed by atoms with E-state index >= 15 is 0 Å². The first-order valence-corrected chi connectivity index (χ1v) is 5.91. The van der Waals surface area contributed by atoms with Crippen LogP contribution in [0.2, 0.25) is 0 Å². The second kappa shape index (κ2) is 6.14. The Bertz CT molecular complexity index is 425. The van der Waals surface area contributed by atoms with E-state index in [-0.39, 0.29) is 5.56 Å². The van der Waals surface area contributed by atoms with E-state index in [0.717, 1.165) is 0 Å². The van der Waals surface area contributed by atoms with Crippen molar-refractivity contribution >= 4 is 27.6 Å². The fourth-order valence-electron chi connectivity index (χ4n) is 1.30. The lowest BCUT2D eigenvalue weighted by Crippen LogP contribution is -2.49. The number of nitrogens with one attached hydrogen (secondary N) is 1. The van der Waals surface area contributed by atoms with Crippen molar-refractivity contribution in [1.82, 2.24) is 0 Å². The van der Waals surface area contributed by atoms with Crippen molar-refractivity contribution in [3.8, 4) is 0 Å². The number of aliphatic hydroxyl groups excluding tert-OH is 3. The third kappa shape index (κ3) is 3.20. The average molecular weight is 320 g/mol. The van der Waals surface area contributed by atoms with Gasteiger partial charge in [0.25, 0.3) is 0 Å². The van der Waals surface area contributed by atoms with Gasteiger partial charge in [0, 0.05) is 10.2 Å². The number of aliphatic hydroxyl groups is 3. The molecule has 0 saturated heterocycles. The summed E-state index contributed by atoms with van der Waals surface area (Å²) in [5.74, 6) is -1.06. The molecule has 0 atom stereocenters. The molecule has 0 aliphatic carbocycles. The first-order chi connectivity index (χ1) is 8.48. The van der Waals surface area contributed by atoms with Crippen LogP contribution < -0.4 is 5.32 Å². The predicted octanol–water partition coefficient (Wildman–Crippen LogP) is 0.275. The van der Waals surface area contributed by atoms with Crippen LogP contribution in [-0.4, -0.2) is 51.8 Å². The number of hydrogen-bond donors (Lipinski definition) is 5. The maximum atomic E-state index is 10.8. The van der Waals surface area contributed by atoms with Crippen molar-refractivity contribution in [2.45, 2.75) is 5.54 Å². The molecule has 1 rings (SSSR count). The first kappa shape index (κ1) is 14.9. The first-order valence-electron chi connectivity index (χ1n) is 5.11. The second-order valence-corrected chi connectivity index (χ2v) is 4.73. The number of anilines is 1. The molecule has 0 unspecified atom stereocenters. The third-order valence-corrected chi connectivity index (χ3v) is 3.18. The van der Waals surface area contributed by atoms with Crippen LogP contribution in [0.4, 0.5) is 5.69 Å². The highest BCUT2D eigenvalue weighted by atomic mass is 79.9. The second-order valence-electron chi connectivity index (χ2n) is 3.88. The molecule has 0 bridgehead atoms. The molecule has 7 heteroatoms. The lowest BCUT2D eigenvalue weighted by Gasteiger charge is -2.30. The third-order valence-electron chi connectivity index (χ3n) is 2.52. The Labute approximate surface area is 112 Å². The van der Waals surface area contributed by atoms with E-state index in [4.69, 9.17) is 5.11 Å². The molecule has 0 aliphatic heterocycles. The van der Waals surface area contributed by atoms with Crippen LogP contribution in [0.25, 0.3) is 0 Å². The van der Waals surface area contributed by atoms with Gasteiger partial charge in [-0.05, 0) is 34.1 Å². The number of halogens is 1. The van der Waals surface area contributed by atoms with Crippen LogP contribution in [0.3, 0.4) is 0 Å². The van der Waals surface area contributed by atoms with Crippen LogP contribution in [-0.2, 0) is 0 Å². The highest BCUT2D eigenvalue weighted by molar-refractivity contribution is 9.10. The minimum absolute atomic E-state index is 0.107. The van der Waals surface area contributed by atoms with Gasteiger partial charge in [0.05, 0.1) is 25.4 Å². The molecule has 18 heavy (non-hydrogen) atoms. The molecule has 0 heterocycles. The van der Waals surface area contributed by atoms with Crippen molar-refractivity contribution in [2.24, 2.45) is 0 Å². The van der Waals surface area contributed by atoms with Gasteiger partial charge in [-0.25, -0.2) is 4.79 Å². The van der Waals surface area contributed by atoms with Gasteiger partial charge in [0.1, 0.15) is 5.54 Å². The highest BCUT2D eigenvalue weighted by Gasteiger charge is 2.28. The molecule has 0 spiro atoms. The Kier molecular flexibility index (Phi) is 5.09. The number of rotatable bonds is 6. The average Bonchev–Trinajstić information content (AvgIpc) is 2.38. The fourth-order valence-corrected chi connectivity index (χ4v) is 1.78. The zero-order valence-corrected chi connectivity index (χ0v) is 11.0. The van der Waals surface area contributed by atoms with E-state index in [1.165, 1.54) is 18.2 Å². The van der Waals surface area contributed by atoms with Crippen LogP contribution in [0.1, 0.15) is 10.4 Å². The van der Waals surface area contributed by atoms with Gasteiger partial charge in [0.15, 0.2) is 0 Å². The molecule has 0 aromatic heterocycles. The molecule has 0 radical (unpaired) electrons. The molecule has 5 N–H and O–H groups in total. The predicted molar refractivity (Wildman–Crippen MR) is 68.7 cm³/mol. The maximum Gasteiger partial charge on any atom is 0.335 e. The molecule has 1 aromatic carbocycles. The molecule has 0 saturated carbocycles. The summed E-state index contributed by atoms with van der Waals surface area (Å²) >= 11 is 3.18. The van der Waals surface area contributed by atoms with Gasteiger partial charge >= 0.3 is 5.97 Å². The summed E-state index contributed by atoms with van der Waals surface area (Å²) in [5, 5.41) is 39.1. The topological polar surface area (TPSA) is 110 Å². The van der Waals surface area contributed by atoms with E-state index in [0.29, 0.717) is 10.2 Å². The molecule has 0 fully saturated rings. The smallest absolute Gasteiger partial charge is 0.335 e. The molecular weight excluding hydrogens is 306 g/mol. The van der Waals surface area contributed by atoms with E-state index < -0.39 is 31.3 Å². The van der Waals surface area contributed by atoms with Crippen molar-refractivity contribution in [3.63, 3.8) is 0 Å². The lowest BCUT2D eigenvalue weighted by molar-refractivity contribution is 0.0696. The number of aromatic carboxylic acids is 1. The monoisotopic (exact) mass is 319 g/mol. The molecule has 0 amide bonds. The van der Waals surface area contributed by atoms with Gasteiger partial charge < -0.3 is 25.7 Å². The van der Waals surface area contributed by atoms with E-state index in [2.05, 4.69) is 21.2 Å². The van der Waals surface area contributed by atoms with Gasteiger partial charge in [-0.2, -0.15) is 0 Å². The molecule has 100 valence electrons. The summed E-state index contributed by atoms with van der Waals surface area (Å²) < 4.78 is 0.460. The number of carbonyl (C=O) groups is 1. The Morgan fingerprint density at radius 1 is 1.22 bits per heavy atom. The maximum absolute atomic E-state index is 10.8. The molecule has 6 nitrogen and oxygen atoms in total. The summed E-state index contributed by atoms with van der Waals surface area (Å²) in [6.07, 6.45) is 0. The van der Waals surface area contributed by atoms with E-state index in [1.54, 1.807) is 0 Å². The van der Waals surface area contributed by atoms with Crippen molar-refractivity contribution in [1.29, 1.82) is 0 Å². The standard InChI is InChI=1S/C11H14BrNO5/c12-8-3-7(10(17)18)1-2-9(8)13-11(4-14,5-15)6-16/h1-3,13-16H,4-6H2,(H,17,18). The summed E-state index contributed by atoms with van der Waals surface area (Å²) in [7, 11) is 0. The quantitative estimate of drug-likeness (QED) is 0.515. The minimum atomic E-state index is -1.26. The summed E-state index contributed by atoms with van der Waals surface area (Å²) in [4.78, 5) is 10.8. The fraction of sp³-hybridized carbons (Fsp3) is 0.364. The minimum Gasteiger partial charge on any atom is -0.478 e. The normalized spacial score (nSPS) is 11.3. The molecule has 0 aliphatic rings. The Morgan fingerprint density at radius 3 is 2.17 bits per heavy atom. The van der Waals surface area contributed by atoms with E-state index in [9.17, 15) is 20.1 Å². The van der Waals surface area contributed by atoms with Crippen molar-refractivity contribution in [2.75, 3.05) is 25.1 Å². The van der Waals surface area contributed by atoms with Crippen LogP contribution in [0.5, 0.6) is 0 Å². The van der Waals surface area contributed by atoms with Crippen LogP contribution in [0, 0.1) is 0 Å². The summed E-state index contributed by atoms with van der Waals surface area (Å²) in [6.45, 7) is -1.40. The van der Waals surface area contributed by atoms with Crippen molar-refractivity contribution in [3.05, 3.63) is 28.2 Å². The zero-order valence-electron chi connectivity index (χ0n) is 9.43. The number of carboxylic acids is 1. The molecule has 1 aromatic rings. The van der Waals surface area contributed by atoms with Crippen LogP contribution in [0.15, 0.2) is 22.7 Å². The van der Waals surface area contributed by atoms with Crippen LogP contribution >= 0.6 is 15.9 Å². The lowest BCUT2D eigenvalue weighted by atomic mass is 10.0. The summed E-state index contributed by atoms with van der Waals surface area (Å²) in [5.41, 5.74) is -0.681. The van der Waals surface area contributed by atoms with E-state index in [1.807, 2.05) is 0 Å². The summed E-state index contributed by atoms with van der Waals surface area (Å²) in [6, 6.07) is 4.26. The largest absolute Gasteiger partial charge is 0.478 e. The Balaban J connectivity index is 3.01. The number of benzene rings is 1. The Hall–Kier alpha value is -1.15.